The van der Waals surface area contributed by atoms with E-state index in [-0.39, 0.29) is 11.7 Å². The second-order valence-electron chi connectivity index (χ2n) is 9.42. The van der Waals surface area contributed by atoms with Crippen LogP contribution in [0.2, 0.25) is 0 Å². The van der Waals surface area contributed by atoms with E-state index in [1.165, 1.54) is 31.7 Å². The minimum Gasteiger partial charge on any atom is -0.405 e. The first kappa shape index (κ1) is 24.4. The van der Waals surface area contributed by atoms with Gasteiger partial charge in [-0.1, -0.05) is 99.3 Å². The molecule has 3 aromatic rings. The van der Waals surface area contributed by atoms with E-state index in [2.05, 4.69) is 23.8 Å². The molecular weight excluding hydrogens is 433 g/mol. The summed E-state index contributed by atoms with van der Waals surface area (Å²) in [5, 5.41) is 0. The largest absolute Gasteiger partial charge is 0.573 e. The van der Waals surface area contributed by atoms with E-state index in [1.807, 2.05) is 48.5 Å². The van der Waals surface area contributed by atoms with E-state index in [4.69, 9.17) is 0 Å². The van der Waals surface area contributed by atoms with Crippen molar-refractivity contribution in [3.05, 3.63) is 78.4 Å². The third kappa shape index (κ3) is 6.22. The fourth-order valence-electron chi connectivity index (χ4n) is 5.33. The number of hydrogen-bond acceptors (Lipinski definition) is 1. The van der Waals surface area contributed by atoms with Gasteiger partial charge < -0.3 is 4.74 Å². The second-order valence-corrected chi connectivity index (χ2v) is 9.42. The summed E-state index contributed by atoms with van der Waals surface area (Å²) in [6.07, 6.45) is 4.20. The Hall–Kier alpha value is -2.75. The van der Waals surface area contributed by atoms with Crippen molar-refractivity contribution in [1.82, 2.24) is 0 Å². The maximum Gasteiger partial charge on any atom is 0.573 e. The van der Waals surface area contributed by atoms with Crippen LogP contribution in [0.25, 0.3) is 22.3 Å². The van der Waals surface area contributed by atoms with Gasteiger partial charge in [0.15, 0.2) is 0 Å². The van der Waals surface area contributed by atoms with Gasteiger partial charge >= 0.3 is 6.36 Å². The van der Waals surface area contributed by atoms with E-state index >= 15 is 0 Å². The van der Waals surface area contributed by atoms with Gasteiger partial charge in [-0.05, 0) is 65.8 Å². The summed E-state index contributed by atoms with van der Waals surface area (Å²) < 4.78 is 44.4. The Morgan fingerprint density at radius 2 is 1.38 bits per heavy atom. The summed E-state index contributed by atoms with van der Waals surface area (Å²) >= 11 is 0. The van der Waals surface area contributed by atoms with Crippen molar-refractivity contribution in [2.75, 3.05) is 0 Å². The second kappa shape index (κ2) is 11.1. The molecule has 1 fully saturated rings. The van der Waals surface area contributed by atoms with Crippen molar-refractivity contribution >= 4 is 0 Å². The topological polar surface area (TPSA) is 9.23 Å². The molecule has 0 spiro atoms. The van der Waals surface area contributed by atoms with Crippen LogP contribution in [-0.4, -0.2) is 6.36 Å². The van der Waals surface area contributed by atoms with Crippen LogP contribution in [0.15, 0.2) is 72.8 Å². The predicted octanol–water partition coefficient (Wildman–Crippen LogP) is 9.77. The zero-order valence-electron chi connectivity index (χ0n) is 19.8. The van der Waals surface area contributed by atoms with Crippen LogP contribution in [0.4, 0.5) is 13.2 Å². The van der Waals surface area contributed by atoms with Crippen LogP contribution in [0.3, 0.4) is 0 Å². The molecule has 4 heteroatoms. The predicted molar refractivity (Wildman–Crippen MR) is 133 cm³/mol. The van der Waals surface area contributed by atoms with Gasteiger partial charge in [0.2, 0.25) is 0 Å². The summed E-state index contributed by atoms with van der Waals surface area (Å²) in [7, 11) is 0. The third-order valence-electron chi connectivity index (χ3n) is 7.07. The lowest BCUT2D eigenvalue weighted by Crippen LogP contribution is -2.20. The van der Waals surface area contributed by atoms with Crippen molar-refractivity contribution in [2.45, 2.75) is 70.6 Å². The molecular formula is C30H33F3O. The zero-order valence-corrected chi connectivity index (χ0v) is 19.8. The van der Waals surface area contributed by atoms with Crippen LogP contribution >= 0.6 is 0 Å². The summed E-state index contributed by atoms with van der Waals surface area (Å²) in [6, 6.07) is 23.2. The van der Waals surface area contributed by atoms with Crippen molar-refractivity contribution < 1.29 is 17.9 Å². The van der Waals surface area contributed by atoms with Crippen LogP contribution in [0.1, 0.15) is 69.8 Å². The molecule has 4 rings (SSSR count). The molecule has 0 radical (unpaired) electrons. The number of alkyl halides is 3. The fourth-order valence-corrected chi connectivity index (χ4v) is 5.33. The highest BCUT2D eigenvalue weighted by Crippen LogP contribution is 2.46. The quantitative estimate of drug-likeness (QED) is 0.300. The molecule has 1 saturated carbocycles. The van der Waals surface area contributed by atoms with Gasteiger partial charge in [-0.2, -0.15) is 0 Å². The van der Waals surface area contributed by atoms with E-state index in [0.29, 0.717) is 11.5 Å². The Kier molecular flexibility index (Phi) is 7.97. The average molecular weight is 467 g/mol. The monoisotopic (exact) mass is 466 g/mol. The molecule has 0 unspecified atom stereocenters. The molecule has 34 heavy (non-hydrogen) atoms. The summed E-state index contributed by atoms with van der Waals surface area (Å²) in [5.41, 5.74) is 4.67. The highest BCUT2D eigenvalue weighted by Gasteiger charge is 2.34. The van der Waals surface area contributed by atoms with Gasteiger partial charge in [0.25, 0.3) is 0 Å². The lowest BCUT2D eigenvalue weighted by molar-refractivity contribution is -0.275. The Bertz CT molecular complexity index is 1030. The number of ether oxygens (including phenoxy) is 1. The van der Waals surface area contributed by atoms with E-state index in [1.54, 1.807) is 6.07 Å². The van der Waals surface area contributed by atoms with Gasteiger partial charge in [-0.15, -0.1) is 13.2 Å². The smallest absolute Gasteiger partial charge is 0.405 e. The molecule has 0 aromatic heterocycles. The first-order valence-corrected chi connectivity index (χ1v) is 12.5. The molecule has 1 aliphatic rings. The number of hydrogen-bond donors (Lipinski definition) is 0. The molecule has 0 heterocycles. The van der Waals surface area contributed by atoms with Gasteiger partial charge in [-0.25, -0.2) is 0 Å². The maximum atomic E-state index is 13.3. The van der Waals surface area contributed by atoms with Crippen molar-refractivity contribution in [3.63, 3.8) is 0 Å². The number of benzene rings is 3. The number of unbranched alkanes of at least 4 members (excludes halogenated alkanes) is 2. The normalized spacial score (nSPS) is 18.6. The highest BCUT2D eigenvalue weighted by atomic mass is 19.4. The number of rotatable bonds is 8. The Morgan fingerprint density at radius 1 is 0.735 bits per heavy atom. The van der Waals surface area contributed by atoms with E-state index < -0.39 is 6.36 Å². The first-order valence-electron chi connectivity index (χ1n) is 12.5. The highest BCUT2D eigenvalue weighted by molar-refractivity contribution is 5.74. The molecule has 1 nitrogen and oxygen atoms in total. The van der Waals surface area contributed by atoms with Crippen LogP contribution in [-0.2, 0) is 0 Å². The number of halogens is 3. The van der Waals surface area contributed by atoms with Crippen molar-refractivity contribution in [3.8, 4) is 28.0 Å². The molecule has 180 valence electrons. The van der Waals surface area contributed by atoms with Crippen LogP contribution in [0, 0.1) is 5.92 Å². The minimum atomic E-state index is -4.71. The molecule has 3 aromatic carbocycles. The molecule has 0 bridgehead atoms. The summed E-state index contributed by atoms with van der Waals surface area (Å²) in [4.78, 5) is 0. The summed E-state index contributed by atoms with van der Waals surface area (Å²) in [6.45, 7) is 2.21. The molecule has 1 aliphatic carbocycles. The standard InChI is InChI=1S/C30H33F3O/c1-2-3-5-9-22-14-16-26(17-15-22)29-27(12-8-13-28(29)34-30(31,32)33)25-20-18-24(19-21-25)23-10-6-4-7-11-23/h4,6-8,10-13,18-22,26H,2-3,5,9,14-17H2,1H3. The molecule has 0 amide bonds. The summed E-state index contributed by atoms with van der Waals surface area (Å²) in [5.74, 6) is 0.712. The lowest BCUT2D eigenvalue weighted by atomic mass is 9.75. The fraction of sp³-hybridized carbons (Fsp3) is 0.400. The van der Waals surface area contributed by atoms with Gasteiger partial charge in [0, 0.05) is 5.56 Å². The van der Waals surface area contributed by atoms with Crippen LogP contribution in [0.5, 0.6) is 5.75 Å². The Labute approximate surface area is 201 Å². The third-order valence-corrected chi connectivity index (χ3v) is 7.07. The first-order chi connectivity index (χ1) is 16.4. The van der Waals surface area contributed by atoms with Gasteiger partial charge in [0.1, 0.15) is 5.75 Å². The lowest BCUT2D eigenvalue weighted by Gasteiger charge is -2.31. The van der Waals surface area contributed by atoms with Crippen molar-refractivity contribution in [2.24, 2.45) is 5.92 Å². The van der Waals surface area contributed by atoms with Crippen molar-refractivity contribution in [1.29, 1.82) is 0 Å². The van der Waals surface area contributed by atoms with Gasteiger partial charge in [-0.3, -0.25) is 0 Å². The SMILES string of the molecule is CCCCCC1CCC(c2c(OC(F)(F)F)cccc2-c2ccc(-c3ccccc3)cc2)CC1. The Morgan fingerprint density at radius 3 is 2.03 bits per heavy atom. The van der Waals surface area contributed by atoms with Gasteiger partial charge in [0.05, 0.1) is 0 Å². The molecule has 0 atom stereocenters. The molecule has 0 N–H and O–H groups in total. The maximum absolute atomic E-state index is 13.3. The average Bonchev–Trinajstić information content (AvgIpc) is 2.84. The minimum absolute atomic E-state index is 0.0495. The van der Waals surface area contributed by atoms with E-state index in [0.717, 1.165) is 47.9 Å². The molecule has 0 saturated heterocycles. The molecule has 0 aliphatic heterocycles. The van der Waals surface area contributed by atoms with Crippen LogP contribution < -0.4 is 4.74 Å². The zero-order chi connectivity index (χ0) is 24.0. The Balaban J connectivity index is 1.62. The van der Waals surface area contributed by atoms with E-state index in [9.17, 15) is 13.2 Å².